The van der Waals surface area contributed by atoms with E-state index in [-0.39, 0.29) is 22.4 Å². The number of sulfone groups is 1. The van der Waals surface area contributed by atoms with Gasteiger partial charge < -0.3 is 9.47 Å². The van der Waals surface area contributed by atoms with Crippen LogP contribution in [0.2, 0.25) is 0 Å². The molecule has 0 aliphatic carbocycles. The summed E-state index contributed by atoms with van der Waals surface area (Å²) in [5.41, 5.74) is -1.42. The number of ether oxygens (including phenoxy) is 2. The van der Waals surface area contributed by atoms with Crippen molar-refractivity contribution in [3.63, 3.8) is 0 Å². The Morgan fingerprint density at radius 2 is 0.897 bits per heavy atom. The van der Waals surface area contributed by atoms with Gasteiger partial charge in [0.15, 0.2) is 0 Å². The molecule has 21 heteroatoms. The van der Waals surface area contributed by atoms with Crippen LogP contribution in [0.1, 0.15) is 79.2 Å². The molecule has 318 valence electrons. The maximum Gasteiger partial charge on any atom is 0.298 e. The Morgan fingerprint density at radius 1 is 0.500 bits per heavy atom. The van der Waals surface area contributed by atoms with E-state index in [2.05, 4.69) is 0 Å². The van der Waals surface area contributed by atoms with E-state index in [1.54, 1.807) is 20.8 Å². The third-order valence-electron chi connectivity index (χ3n) is 10.1. The van der Waals surface area contributed by atoms with E-state index in [4.69, 9.17) is 9.47 Å². The number of benzene rings is 4. The Hall–Kier alpha value is -3.93. The van der Waals surface area contributed by atoms with Gasteiger partial charge in [0.05, 0.1) is 14.7 Å². The summed E-state index contributed by atoms with van der Waals surface area (Å²) in [6, 6.07) is 11.8. The normalized spacial score (nSPS) is 14.2. The quantitative estimate of drug-likeness (QED) is 0.0752. The molecule has 16 nitrogen and oxygen atoms in total. The van der Waals surface area contributed by atoms with Crippen molar-refractivity contribution in [1.82, 2.24) is 0 Å². The minimum absolute atomic E-state index is 0.0224. The predicted molar refractivity (Wildman–Crippen MR) is 212 cm³/mol. The topological polar surface area (TPSA) is 270 Å². The molecule has 1 atom stereocenters. The molecule has 0 aliphatic rings. The minimum atomic E-state index is -5.35. The van der Waals surface area contributed by atoms with Crippen LogP contribution in [-0.2, 0) is 55.7 Å². The molecule has 4 aromatic carbocycles. The molecule has 4 rings (SSSR count). The lowest BCUT2D eigenvalue weighted by Gasteiger charge is -2.30. The first-order valence-corrected chi connectivity index (χ1v) is 24.9. The lowest BCUT2D eigenvalue weighted by Crippen LogP contribution is -2.31. The van der Waals surface area contributed by atoms with Crippen LogP contribution in [0.3, 0.4) is 0 Å². The molecule has 0 radical (unpaired) electrons. The lowest BCUT2D eigenvalue weighted by atomic mass is 9.76. The van der Waals surface area contributed by atoms with Gasteiger partial charge in [-0.25, -0.2) is 8.42 Å². The maximum absolute atomic E-state index is 13.8. The van der Waals surface area contributed by atoms with Gasteiger partial charge >= 0.3 is 0 Å². The second kappa shape index (κ2) is 16.6. The third-order valence-corrected chi connectivity index (χ3v) is 15.4. The molecule has 0 spiro atoms. The molecule has 1 unspecified atom stereocenters. The van der Waals surface area contributed by atoms with Crippen molar-refractivity contribution in [3.05, 3.63) is 78.4 Å². The van der Waals surface area contributed by atoms with Crippen molar-refractivity contribution in [2.75, 3.05) is 0 Å². The van der Waals surface area contributed by atoms with Crippen molar-refractivity contribution < 1.29 is 69.8 Å². The van der Waals surface area contributed by atoms with Gasteiger partial charge in [-0.3, -0.25) is 18.2 Å². The molecule has 0 saturated carbocycles. The van der Waals surface area contributed by atoms with Crippen molar-refractivity contribution in [3.8, 4) is 28.4 Å². The first kappa shape index (κ1) is 46.8. The fourth-order valence-corrected chi connectivity index (χ4v) is 10.5. The van der Waals surface area contributed by atoms with Gasteiger partial charge in [0.1, 0.15) is 37.5 Å². The van der Waals surface area contributed by atoms with Crippen molar-refractivity contribution in [2.45, 2.75) is 114 Å². The van der Waals surface area contributed by atoms with Gasteiger partial charge in [0, 0.05) is 0 Å². The molecule has 0 aromatic heterocycles. The van der Waals surface area contributed by atoms with Crippen LogP contribution in [0.4, 0.5) is 0 Å². The summed E-state index contributed by atoms with van der Waals surface area (Å²) in [6.45, 7) is 10.8. The molecule has 0 saturated heterocycles. The summed E-state index contributed by atoms with van der Waals surface area (Å²) in [5.74, 6) is -1.71. The zero-order chi connectivity index (χ0) is 43.9. The van der Waals surface area contributed by atoms with Crippen molar-refractivity contribution in [2.24, 2.45) is 0 Å². The summed E-state index contributed by atoms with van der Waals surface area (Å²) in [7, 11) is -25.2. The van der Waals surface area contributed by atoms with Crippen LogP contribution in [0.25, 0.3) is 11.1 Å². The van der Waals surface area contributed by atoms with Gasteiger partial charge in [-0.15, -0.1) is 0 Å². The van der Waals surface area contributed by atoms with Crippen LogP contribution in [0.15, 0.2) is 102 Å². The predicted octanol–water partition coefficient (Wildman–Crippen LogP) is 7.39. The van der Waals surface area contributed by atoms with Crippen LogP contribution in [-0.4, -0.2) is 65.9 Å². The molecule has 0 amide bonds. The average molecular weight is 905 g/mol. The summed E-state index contributed by atoms with van der Waals surface area (Å²) >= 11 is 0. The highest BCUT2D eigenvalue weighted by molar-refractivity contribution is 7.91. The zero-order valence-electron chi connectivity index (χ0n) is 32.2. The van der Waals surface area contributed by atoms with Crippen LogP contribution >= 0.6 is 0 Å². The van der Waals surface area contributed by atoms with E-state index in [1.165, 1.54) is 24.3 Å². The molecule has 58 heavy (non-hydrogen) atoms. The smallest absolute Gasteiger partial charge is 0.298 e. The molecule has 0 heterocycles. The highest BCUT2D eigenvalue weighted by Crippen LogP contribution is 2.41. The lowest BCUT2D eigenvalue weighted by molar-refractivity contribution is 0.0766. The Morgan fingerprint density at radius 3 is 1.33 bits per heavy atom. The second-order valence-electron chi connectivity index (χ2n) is 14.0. The van der Waals surface area contributed by atoms with Crippen LogP contribution < -0.4 is 9.47 Å². The fourth-order valence-electron chi connectivity index (χ4n) is 6.24. The third kappa shape index (κ3) is 10.1. The van der Waals surface area contributed by atoms with E-state index in [9.17, 15) is 60.3 Å². The molecule has 0 bridgehead atoms. The maximum atomic E-state index is 13.8. The molecular weight excluding hydrogens is 861 g/mol. The second-order valence-corrected chi connectivity index (χ2v) is 21.5. The average Bonchev–Trinajstić information content (AvgIpc) is 3.13. The highest BCUT2D eigenvalue weighted by Gasteiger charge is 2.33. The Balaban J connectivity index is 1.84. The highest BCUT2D eigenvalue weighted by atomic mass is 32.2. The Kier molecular flexibility index (Phi) is 13.4. The summed E-state index contributed by atoms with van der Waals surface area (Å²) < 4.78 is 180. The van der Waals surface area contributed by atoms with E-state index in [0.29, 0.717) is 38.2 Å². The first-order chi connectivity index (χ1) is 26.5. The van der Waals surface area contributed by atoms with Gasteiger partial charge in [0.25, 0.3) is 40.5 Å². The zero-order valence-corrected chi connectivity index (χ0v) is 36.3. The SMILES string of the molecule is CCCC(C)(CC)c1ccc(S(=O)(=O)c2ccc(Oc3ccc(-c4ccc(OC(C)(CC)CC)c(S(=O)(=O)O)c4)cc3S(=O)(=O)O)c(S(=O)(=O)O)c2)cc1S(=O)(=O)O. The van der Waals surface area contributed by atoms with Gasteiger partial charge in [-0.2, -0.15) is 33.7 Å². The fraction of sp³-hybridized carbons (Fsp3) is 0.351. The van der Waals surface area contributed by atoms with Crippen molar-refractivity contribution in [1.29, 1.82) is 0 Å². The van der Waals surface area contributed by atoms with E-state index in [1.807, 2.05) is 20.8 Å². The molecule has 0 aliphatic heterocycles. The number of hydrogen-bond acceptors (Lipinski definition) is 12. The van der Waals surface area contributed by atoms with E-state index >= 15 is 0 Å². The van der Waals surface area contributed by atoms with Gasteiger partial charge in [-0.05, 0) is 109 Å². The van der Waals surface area contributed by atoms with Crippen molar-refractivity contribution >= 4 is 50.3 Å². The van der Waals surface area contributed by atoms with E-state index in [0.717, 1.165) is 42.5 Å². The summed E-state index contributed by atoms with van der Waals surface area (Å²) in [6.07, 6.45) is 2.53. The standard InChI is InChI=1S/C37H44O16S5/c1-7-19-36(5,8-2)28-15-13-26(22-32(28)55(40,41)42)54(38,39)27-14-18-30(35(23-27)58(49,50)51)52-29-16-11-24(20-33(29)56(43,44)45)25-12-17-31(34(21-25)57(46,47)48)53-37(6,9-3)10-4/h11-18,20-23H,7-10,19H2,1-6H3,(H,40,41,42)(H,43,44,45)(H,46,47,48)(H,49,50,51). The summed E-state index contributed by atoms with van der Waals surface area (Å²) in [4.78, 5) is -4.89. The van der Waals surface area contributed by atoms with E-state index < -0.39 is 102 Å². The van der Waals surface area contributed by atoms with Gasteiger partial charge in [0.2, 0.25) is 9.84 Å². The molecule has 4 N–H and O–H groups in total. The number of rotatable bonds is 17. The first-order valence-electron chi connectivity index (χ1n) is 17.6. The minimum Gasteiger partial charge on any atom is -0.486 e. The molecule has 4 aromatic rings. The van der Waals surface area contributed by atoms with Gasteiger partial charge in [-0.1, -0.05) is 59.2 Å². The molecule has 0 fully saturated rings. The summed E-state index contributed by atoms with van der Waals surface area (Å²) in [5, 5.41) is 0. The Bertz CT molecular complexity index is 2790. The molecular formula is C37H44O16S5. The Labute approximate surface area is 339 Å². The van der Waals surface area contributed by atoms with Crippen LogP contribution in [0.5, 0.6) is 17.2 Å². The number of hydrogen-bond donors (Lipinski definition) is 4. The largest absolute Gasteiger partial charge is 0.486 e. The van der Waals surface area contributed by atoms with Crippen LogP contribution in [0, 0.1) is 0 Å². The monoisotopic (exact) mass is 904 g/mol.